The number of hydrogen-bond acceptors (Lipinski definition) is 4. The van der Waals surface area contributed by atoms with Gasteiger partial charge in [0.1, 0.15) is 17.7 Å². The van der Waals surface area contributed by atoms with Crippen LogP contribution in [0.5, 0.6) is 11.5 Å². The molecule has 0 saturated carbocycles. The van der Waals surface area contributed by atoms with Crippen molar-refractivity contribution >= 4 is 0 Å². The average molecular weight is 258 g/mol. The molecule has 4 N–H and O–H groups in total. The second-order valence-electron chi connectivity index (χ2n) is 4.37. The lowest BCUT2D eigenvalue weighted by atomic mass is 10.2. The van der Waals surface area contributed by atoms with Crippen molar-refractivity contribution in [2.24, 2.45) is 11.5 Å². The first-order valence-electron chi connectivity index (χ1n) is 6.09. The van der Waals surface area contributed by atoms with Gasteiger partial charge < -0.3 is 20.9 Å². The van der Waals surface area contributed by atoms with Crippen LogP contribution in [0.25, 0.3) is 0 Å². The van der Waals surface area contributed by atoms with E-state index in [9.17, 15) is 0 Å². The summed E-state index contributed by atoms with van der Waals surface area (Å²) in [5, 5.41) is 0. The molecule has 0 heterocycles. The maximum Gasteiger partial charge on any atom is 0.276 e. The Bertz CT molecular complexity index is 459. The Kier molecular flexibility index (Phi) is 4.04. The Labute approximate surface area is 112 Å². The molecule has 0 saturated heterocycles. The molecule has 0 amide bonds. The Balaban J connectivity index is 2.18. The number of ether oxygens (including phenoxy) is 2. The third kappa shape index (κ3) is 3.47. The average Bonchev–Trinajstić information content (AvgIpc) is 2.40. The molecule has 2 aromatic rings. The van der Waals surface area contributed by atoms with Gasteiger partial charge in [0.2, 0.25) is 0 Å². The van der Waals surface area contributed by atoms with Crippen molar-refractivity contribution in [3.8, 4) is 11.5 Å². The minimum Gasteiger partial charge on any atom is -0.450 e. The Morgan fingerprint density at radius 1 is 0.789 bits per heavy atom. The zero-order valence-corrected chi connectivity index (χ0v) is 10.8. The normalized spacial score (nSPS) is 11.4. The van der Waals surface area contributed by atoms with Crippen LogP contribution >= 0.6 is 0 Å². The van der Waals surface area contributed by atoms with E-state index >= 15 is 0 Å². The molecule has 0 aliphatic rings. The van der Waals surface area contributed by atoms with E-state index in [1.807, 2.05) is 60.7 Å². The van der Waals surface area contributed by atoms with Crippen LogP contribution in [0, 0.1) is 0 Å². The highest BCUT2D eigenvalue weighted by Crippen LogP contribution is 2.23. The molecule has 0 unspecified atom stereocenters. The van der Waals surface area contributed by atoms with E-state index in [1.54, 1.807) is 6.92 Å². The molecule has 4 heteroatoms. The van der Waals surface area contributed by atoms with Crippen molar-refractivity contribution in [1.82, 2.24) is 0 Å². The molecular weight excluding hydrogens is 240 g/mol. The van der Waals surface area contributed by atoms with Gasteiger partial charge in [-0.2, -0.15) is 0 Å². The van der Waals surface area contributed by atoms with Gasteiger partial charge in [-0.15, -0.1) is 0 Å². The van der Waals surface area contributed by atoms with Gasteiger partial charge in [-0.3, -0.25) is 0 Å². The molecule has 0 atom stereocenters. The van der Waals surface area contributed by atoms with Crippen LogP contribution in [0.3, 0.4) is 0 Å². The molecule has 0 aromatic heterocycles. The van der Waals surface area contributed by atoms with Crippen LogP contribution in [0.15, 0.2) is 60.7 Å². The van der Waals surface area contributed by atoms with Crippen molar-refractivity contribution in [2.75, 3.05) is 0 Å². The van der Waals surface area contributed by atoms with Crippen LogP contribution in [-0.4, -0.2) is 12.0 Å². The Hall–Kier alpha value is -2.04. The van der Waals surface area contributed by atoms with E-state index < -0.39 is 12.0 Å². The predicted octanol–water partition coefficient (Wildman–Crippen LogP) is 2.10. The number of hydrogen-bond donors (Lipinski definition) is 2. The molecule has 100 valence electrons. The molecule has 0 radical (unpaired) electrons. The number of para-hydroxylation sites is 2. The second-order valence-corrected chi connectivity index (χ2v) is 4.37. The summed E-state index contributed by atoms with van der Waals surface area (Å²) in [6.45, 7) is 1.72. The van der Waals surface area contributed by atoms with Gasteiger partial charge in [-0.25, -0.2) is 0 Å². The van der Waals surface area contributed by atoms with E-state index in [-0.39, 0.29) is 0 Å². The summed E-state index contributed by atoms with van der Waals surface area (Å²) in [6, 6.07) is 18.6. The zero-order valence-electron chi connectivity index (χ0n) is 10.8. The molecule has 2 rings (SSSR count). The van der Waals surface area contributed by atoms with Crippen molar-refractivity contribution in [3.63, 3.8) is 0 Å². The molecule has 2 aromatic carbocycles. The third-order valence-electron chi connectivity index (χ3n) is 2.73. The SMILES string of the molecule is CC(Oc1ccccc1)(Oc1ccccc1)C(N)N. The molecule has 0 aliphatic heterocycles. The summed E-state index contributed by atoms with van der Waals surface area (Å²) in [5.41, 5.74) is 11.6. The van der Waals surface area contributed by atoms with E-state index in [0.717, 1.165) is 0 Å². The fraction of sp³-hybridized carbons (Fsp3) is 0.200. The molecule has 0 bridgehead atoms. The van der Waals surface area contributed by atoms with Gasteiger partial charge in [0.05, 0.1) is 0 Å². The monoisotopic (exact) mass is 258 g/mol. The van der Waals surface area contributed by atoms with E-state index in [0.29, 0.717) is 11.5 Å². The van der Waals surface area contributed by atoms with Crippen LogP contribution < -0.4 is 20.9 Å². The highest BCUT2D eigenvalue weighted by molar-refractivity contribution is 5.24. The second kappa shape index (κ2) is 5.73. The first-order valence-corrected chi connectivity index (χ1v) is 6.09. The van der Waals surface area contributed by atoms with Crippen molar-refractivity contribution < 1.29 is 9.47 Å². The predicted molar refractivity (Wildman–Crippen MR) is 74.7 cm³/mol. The minimum atomic E-state index is -1.14. The van der Waals surface area contributed by atoms with Gasteiger partial charge >= 0.3 is 0 Å². The van der Waals surface area contributed by atoms with Crippen LogP contribution in [-0.2, 0) is 0 Å². The zero-order chi connectivity index (χ0) is 13.7. The molecule has 4 nitrogen and oxygen atoms in total. The highest BCUT2D eigenvalue weighted by atomic mass is 16.7. The third-order valence-corrected chi connectivity index (χ3v) is 2.73. The van der Waals surface area contributed by atoms with Gasteiger partial charge in [0.25, 0.3) is 5.79 Å². The van der Waals surface area contributed by atoms with Crippen LogP contribution in [0.1, 0.15) is 6.92 Å². The smallest absolute Gasteiger partial charge is 0.276 e. The quantitative estimate of drug-likeness (QED) is 0.806. The van der Waals surface area contributed by atoms with Gasteiger partial charge in [-0.05, 0) is 24.3 Å². The fourth-order valence-electron chi connectivity index (χ4n) is 1.60. The topological polar surface area (TPSA) is 70.5 Å². The van der Waals surface area contributed by atoms with Gasteiger partial charge in [0, 0.05) is 6.92 Å². The summed E-state index contributed by atoms with van der Waals surface area (Å²) in [4.78, 5) is 0. The summed E-state index contributed by atoms with van der Waals surface area (Å²) in [5.74, 6) is 0.173. The van der Waals surface area contributed by atoms with E-state index in [2.05, 4.69) is 0 Å². The van der Waals surface area contributed by atoms with Crippen LogP contribution in [0.4, 0.5) is 0 Å². The first-order chi connectivity index (χ1) is 9.10. The number of benzene rings is 2. The molecule has 0 fully saturated rings. The minimum absolute atomic E-state index is 0.654. The van der Waals surface area contributed by atoms with E-state index in [1.165, 1.54) is 0 Å². The fourth-order valence-corrected chi connectivity index (χ4v) is 1.60. The first kappa shape index (κ1) is 13.4. The number of rotatable bonds is 5. The largest absolute Gasteiger partial charge is 0.450 e. The summed E-state index contributed by atoms with van der Waals surface area (Å²) in [7, 11) is 0. The lowest BCUT2D eigenvalue weighted by Crippen LogP contribution is -2.59. The van der Waals surface area contributed by atoms with E-state index in [4.69, 9.17) is 20.9 Å². The molecular formula is C15H18N2O2. The molecule has 0 spiro atoms. The highest BCUT2D eigenvalue weighted by Gasteiger charge is 2.34. The lowest BCUT2D eigenvalue weighted by Gasteiger charge is -2.34. The Morgan fingerprint density at radius 2 is 1.16 bits per heavy atom. The maximum atomic E-state index is 5.80. The van der Waals surface area contributed by atoms with Crippen molar-refractivity contribution in [2.45, 2.75) is 18.9 Å². The lowest BCUT2D eigenvalue weighted by molar-refractivity contribution is -0.115. The van der Waals surface area contributed by atoms with Crippen molar-refractivity contribution in [1.29, 1.82) is 0 Å². The Morgan fingerprint density at radius 3 is 1.47 bits per heavy atom. The standard InChI is InChI=1S/C15H18N2O2/c1-15(14(16)17,18-12-8-4-2-5-9-12)19-13-10-6-3-7-11-13/h2-11,14H,16-17H2,1H3. The summed E-state index contributed by atoms with van der Waals surface area (Å²) >= 11 is 0. The summed E-state index contributed by atoms with van der Waals surface area (Å²) in [6.07, 6.45) is -0.784. The maximum absolute atomic E-state index is 5.80. The van der Waals surface area contributed by atoms with Crippen molar-refractivity contribution in [3.05, 3.63) is 60.7 Å². The van der Waals surface area contributed by atoms with Gasteiger partial charge in [0.15, 0.2) is 0 Å². The molecule has 0 aliphatic carbocycles. The van der Waals surface area contributed by atoms with Crippen LogP contribution in [0.2, 0.25) is 0 Å². The summed E-state index contributed by atoms with van der Waals surface area (Å²) < 4.78 is 11.6. The number of nitrogens with two attached hydrogens (primary N) is 2. The van der Waals surface area contributed by atoms with Gasteiger partial charge in [-0.1, -0.05) is 36.4 Å². The molecule has 19 heavy (non-hydrogen) atoms.